The third kappa shape index (κ3) is 5.09. The Kier molecular flexibility index (Phi) is 6.33. The van der Waals surface area contributed by atoms with E-state index in [1.807, 2.05) is 0 Å². The van der Waals surface area contributed by atoms with Gasteiger partial charge in [-0.3, -0.25) is 14.2 Å². The van der Waals surface area contributed by atoms with Gasteiger partial charge in [-0.15, -0.1) is 0 Å². The average Bonchev–Trinajstić information content (AvgIpc) is 2.61. The van der Waals surface area contributed by atoms with Crippen molar-refractivity contribution in [2.75, 3.05) is 19.8 Å². The van der Waals surface area contributed by atoms with Crippen LogP contribution in [0.3, 0.4) is 0 Å². The number of fused-ring (bicyclic) bond motifs is 2. The fraction of sp³-hybridized carbons (Fsp3) is 0.526. The molecule has 2 aromatic rings. The fourth-order valence-corrected chi connectivity index (χ4v) is 3.26. The standard InChI is InChI=1S/C19H22F3N3O3/c20-19(21,22)12-28-10-8-23-17(26)13-6-7-14-15(11-13)24-16-5-3-1-2-4-9-25(16)18(14)27/h6-7,11H,1-5,8-10,12H2,(H,23,26). The van der Waals surface area contributed by atoms with Gasteiger partial charge in [-0.25, -0.2) is 4.98 Å². The lowest BCUT2D eigenvalue weighted by Crippen LogP contribution is -2.29. The Morgan fingerprint density at radius 3 is 2.79 bits per heavy atom. The zero-order valence-corrected chi connectivity index (χ0v) is 15.3. The number of halogens is 3. The van der Waals surface area contributed by atoms with Crippen LogP contribution in [0.4, 0.5) is 13.2 Å². The topological polar surface area (TPSA) is 73.2 Å². The summed E-state index contributed by atoms with van der Waals surface area (Å²) < 4.78 is 42.2. The van der Waals surface area contributed by atoms with Gasteiger partial charge in [0.05, 0.1) is 17.5 Å². The molecule has 1 aromatic carbocycles. The Morgan fingerprint density at radius 2 is 2.00 bits per heavy atom. The van der Waals surface area contributed by atoms with Gasteiger partial charge in [-0.1, -0.05) is 12.8 Å². The molecule has 0 saturated carbocycles. The summed E-state index contributed by atoms with van der Waals surface area (Å²) >= 11 is 0. The molecule has 1 N–H and O–H groups in total. The molecule has 1 amide bonds. The van der Waals surface area contributed by atoms with Gasteiger partial charge in [-0.2, -0.15) is 13.2 Å². The monoisotopic (exact) mass is 397 g/mol. The minimum absolute atomic E-state index is 0.0484. The maximum absolute atomic E-state index is 12.8. The number of aromatic nitrogens is 2. The van der Waals surface area contributed by atoms with Gasteiger partial charge in [-0.05, 0) is 31.0 Å². The molecule has 28 heavy (non-hydrogen) atoms. The molecule has 0 bridgehead atoms. The van der Waals surface area contributed by atoms with Crippen LogP contribution in [0, 0.1) is 0 Å². The van der Waals surface area contributed by atoms with Gasteiger partial charge in [0.15, 0.2) is 0 Å². The fourth-order valence-electron chi connectivity index (χ4n) is 3.26. The largest absolute Gasteiger partial charge is 0.411 e. The van der Waals surface area contributed by atoms with Crippen LogP contribution >= 0.6 is 0 Å². The van der Waals surface area contributed by atoms with Crippen LogP contribution in [0.1, 0.15) is 41.9 Å². The quantitative estimate of drug-likeness (QED) is 0.788. The number of carbonyl (C=O) groups is 1. The minimum atomic E-state index is -4.39. The Morgan fingerprint density at radius 1 is 1.21 bits per heavy atom. The number of nitrogens with zero attached hydrogens (tertiary/aromatic N) is 2. The van der Waals surface area contributed by atoms with Crippen LogP contribution in [-0.4, -0.2) is 41.4 Å². The van der Waals surface area contributed by atoms with E-state index in [1.165, 1.54) is 6.07 Å². The van der Waals surface area contributed by atoms with Gasteiger partial charge in [0.2, 0.25) is 0 Å². The van der Waals surface area contributed by atoms with Gasteiger partial charge < -0.3 is 10.1 Å². The lowest BCUT2D eigenvalue weighted by molar-refractivity contribution is -0.173. The van der Waals surface area contributed by atoms with E-state index in [4.69, 9.17) is 0 Å². The summed E-state index contributed by atoms with van der Waals surface area (Å²) in [5.74, 6) is 0.279. The van der Waals surface area contributed by atoms with Crippen LogP contribution in [0.5, 0.6) is 0 Å². The molecule has 3 rings (SSSR count). The van der Waals surface area contributed by atoms with E-state index in [9.17, 15) is 22.8 Å². The van der Waals surface area contributed by atoms with Crippen molar-refractivity contribution < 1.29 is 22.7 Å². The van der Waals surface area contributed by atoms with Crippen molar-refractivity contribution in [3.63, 3.8) is 0 Å². The van der Waals surface area contributed by atoms with Crippen molar-refractivity contribution >= 4 is 16.8 Å². The molecule has 0 radical (unpaired) electrons. The van der Waals surface area contributed by atoms with Crippen molar-refractivity contribution in [3.05, 3.63) is 39.9 Å². The van der Waals surface area contributed by atoms with E-state index in [0.717, 1.165) is 37.9 Å². The number of alkyl halides is 3. The molecule has 0 saturated heterocycles. The first-order valence-electron chi connectivity index (χ1n) is 9.31. The number of hydrogen-bond acceptors (Lipinski definition) is 4. The molecule has 0 fully saturated rings. The molecule has 0 unspecified atom stereocenters. The summed E-state index contributed by atoms with van der Waals surface area (Å²) in [6.07, 6.45) is 0.437. The number of ether oxygens (including phenoxy) is 1. The summed E-state index contributed by atoms with van der Waals surface area (Å²) in [5, 5.41) is 2.96. The van der Waals surface area contributed by atoms with Gasteiger partial charge in [0, 0.05) is 25.1 Å². The van der Waals surface area contributed by atoms with Gasteiger partial charge in [0.25, 0.3) is 11.5 Å². The number of aryl methyl sites for hydroxylation is 1. The second-order valence-electron chi connectivity index (χ2n) is 6.80. The van der Waals surface area contributed by atoms with Gasteiger partial charge in [0.1, 0.15) is 12.4 Å². The molecule has 1 aromatic heterocycles. The molecule has 0 aliphatic carbocycles. The van der Waals surface area contributed by atoms with Crippen molar-refractivity contribution in [2.24, 2.45) is 0 Å². The average molecular weight is 397 g/mol. The highest BCUT2D eigenvalue weighted by atomic mass is 19.4. The molecule has 1 aliphatic rings. The molecular formula is C19H22F3N3O3. The first-order valence-corrected chi connectivity index (χ1v) is 9.31. The first-order chi connectivity index (χ1) is 13.3. The van der Waals surface area contributed by atoms with Crippen molar-refractivity contribution in [1.29, 1.82) is 0 Å². The minimum Gasteiger partial charge on any atom is -0.370 e. The Hall–Kier alpha value is -2.42. The predicted octanol–water partition coefficient (Wildman–Crippen LogP) is 2.82. The summed E-state index contributed by atoms with van der Waals surface area (Å²) in [7, 11) is 0. The Labute approximate surface area is 159 Å². The Balaban J connectivity index is 1.72. The molecule has 1 aliphatic heterocycles. The lowest BCUT2D eigenvalue weighted by atomic mass is 10.1. The molecule has 2 heterocycles. The second kappa shape index (κ2) is 8.72. The molecular weight excluding hydrogens is 375 g/mol. The maximum atomic E-state index is 12.8. The Bertz CT molecular complexity index is 909. The number of hydrogen-bond donors (Lipinski definition) is 1. The van der Waals surface area contributed by atoms with E-state index in [0.29, 0.717) is 23.0 Å². The number of nitrogens with one attached hydrogen (secondary N) is 1. The van der Waals surface area contributed by atoms with Crippen molar-refractivity contribution in [3.8, 4) is 0 Å². The number of amides is 1. The number of rotatable bonds is 5. The third-order valence-corrected chi connectivity index (χ3v) is 4.63. The number of benzene rings is 1. The highest BCUT2D eigenvalue weighted by molar-refractivity contribution is 5.97. The summed E-state index contributed by atoms with van der Waals surface area (Å²) in [4.78, 5) is 29.6. The molecule has 9 heteroatoms. The zero-order chi connectivity index (χ0) is 20.1. The van der Waals surface area contributed by atoms with Gasteiger partial charge >= 0.3 is 6.18 Å². The molecule has 152 valence electrons. The zero-order valence-electron chi connectivity index (χ0n) is 15.3. The van der Waals surface area contributed by atoms with Crippen LogP contribution < -0.4 is 10.9 Å². The maximum Gasteiger partial charge on any atom is 0.411 e. The SMILES string of the molecule is O=C(NCCOCC(F)(F)F)c1ccc2c(=O)n3c(nc2c1)CCCCCC3. The third-order valence-electron chi connectivity index (χ3n) is 4.63. The molecule has 0 spiro atoms. The molecule has 6 nitrogen and oxygen atoms in total. The van der Waals surface area contributed by atoms with E-state index < -0.39 is 18.7 Å². The van der Waals surface area contributed by atoms with Crippen molar-refractivity contribution in [2.45, 2.75) is 44.8 Å². The van der Waals surface area contributed by atoms with Crippen LogP contribution in [0.15, 0.2) is 23.0 Å². The smallest absolute Gasteiger partial charge is 0.370 e. The van der Waals surface area contributed by atoms with E-state index in [1.54, 1.807) is 16.7 Å². The predicted molar refractivity (Wildman–Crippen MR) is 97.4 cm³/mol. The summed E-state index contributed by atoms with van der Waals surface area (Å²) in [6, 6.07) is 4.64. The summed E-state index contributed by atoms with van der Waals surface area (Å²) in [6.45, 7) is -0.992. The van der Waals surface area contributed by atoms with E-state index in [-0.39, 0.29) is 18.7 Å². The van der Waals surface area contributed by atoms with Crippen LogP contribution in [0.2, 0.25) is 0 Å². The number of carbonyl (C=O) groups excluding carboxylic acids is 1. The van der Waals surface area contributed by atoms with E-state index >= 15 is 0 Å². The van der Waals surface area contributed by atoms with Crippen LogP contribution in [-0.2, 0) is 17.7 Å². The summed E-state index contributed by atoms with van der Waals surface area (Å²) in [5.41, 5.74) is 0.651. The normalized spacial score (nSPS) is 15.0. The highest BCUT2D eigenvalue weighted by Gasteiger charge is 2.27. The first kappa shape index (κ1) is 20.3. The van der Waals surface area contributed by atoms with Crippen LogP contribution in [0.25, 0.3) is 10.9 Å². The van der Waals surface area contributed by atoms with E-state index in [2.05, 4.69) is 15.0 Å². The lowest BCUT2D eigenvalue weighted by Gasteiger charge is -2.16. The second-order valence-corrected chi connectivity index (χ2v) is 6.80. The molecule has 0 atom stereocenters. The highest BCUT2D eigenvalue weighted by Crippen LogP contribution is 2.17. The van der Waals surface area contributed by atoms with Crippen molar-refractivity contribution in [1.82, 2.24) is 14.9 Å².